The topological polar surface area (TPSA) is 108 Å². The summed E-state index contributed by atoms with van der Waals surface area (Å²) in [6.45, 7) is 0. The van der Waals surface area contributed by atoms with Crippen LogP contribution < -0.4 is 4.74 Å². The van der Waals surface area contributed by atoms with Crippen LogP contribution in [0.15, 0.2) is 87.0 Å². The zero-order chi connectivity index (χ0) is 22.9. The van der Waals surface area contributed by atoms with Crippen molar-refractivity contribution in [3.63, 3.8) is 0 Å². The van der Waals surface area contributed by atoms with Gasteiger partial charge in [-0.25, -0.2) is 9.18 Å². The normalized spacial score (nSPS) is 16.5. The Balaban J connectivity index is 1.40. The number of amides is 1. The number of nitrogens with one attached hydrogen (secondary N) is 1. The van der Waals surface area contributed by atoms with Crippen molar-refractivity contribution in [2.75, 3.05) is 0 Å². The first-order chi connectivity index (χ1) is 16.0. The van der Waals surface area contributed by atoms with Crippen LogP contribution in [0.4, 0.5) is 4.39 Å². The molecule has 1 amide bonds. The number of hydrogen-bond acceptors (Lipinski definition) is 7. The lowest BCUT2D eigenvalue weighted by Gasteiger charge is -2.20. The molecule has 1 N–H and O–H groups in total. The number of thioether (sulfide) groups is 1. The molecule has 0 bridgehead atoms. The van der Waals surface area contributed by atoms with Crippen molar-refractivity contribution >= 4 is 45.8 Å². The number of esters is 1. The second-order valence-corrected chi connectivity index (χ2v) is 7.80. The van der Waals surface area contributed by atoms with Crippen LogP contribution in [0.3, 0.4) is 0 Å². The Morgan fingerprint density at radius 1 is 1.15 bits per heavy atom. The molecular weight excluding hydrogens is 447 g/mol. The van der Waals surface area contributed by atoms with Gasteiger partial charge in [0.15, 0.2) is 16.6 Å². The first-order valence-electron chi connectivity index (χ1n) is 9.60. The molecule has 0 radical (unpaired) electrons. The standard InChI is InChI=1S/C23H13FN4O4S/c24-17-8-2-1-7-15(17)22(30)32-14-6-3-5-13(11-14)12-16-19(25)28-23(26-20(16)29)33-21(27-28)18-9-4-10-31-18/h1-12,25H/b16-12+,25-19?. The predicted molar refractivity (Wildman–Crippen MR) is 121 cm³/mol. The van der Waals surface area contributed by atoms with Crippen molar-refractivity contribution in [1.29, 1.82) is 5.41 Å². The van der Waals surface area contributed by atoms with Gasteiger partial charge in [-0.15, -0.1) is 0 Å². The minimum Gasteiger partial charge on any atom is -0.462 e. The van der Waals surface area contributed by atoms with Crippen molar-refractivity contribution in [3.8, 4) is 5.75 Å². The average molecular weight is 460 g/mol. The SMILES string of the molecule is N=C1/C(=C\c2cccc(OC(=O)c3ccccc3F)c2)C(=O)N=C2SC(c3ccco3)=NN12. The van der Waals surface area contributed by atoms with Crippen LogP contribution in [0.1, 0.15) is 21.7 Å². The third kappa shape index (κ3) is 3.99. The van der Waals surface area contributed by atoms with Crippen molar-refractivity contribution in [1.82, 2.24) is 5.01 Å². The van der Waals surface area contributed by atoms with Gasteiger partial charge in [-0.2, -0.15) is 15.1 Å². The highest BCUT2D eigenvalue weighted by Gasteiger charge is 2.36. The van der Waals surface area contributed by atoms with Crippen LogP contribution in [-0.2, 0) is 4.79 Å². The van der Waals surface area contributed by atoms with E-state index in [0.717, 1.165) is 11.8 Å². The fraction of sp³-hybridized carbons (Fsp3) is 0. The van der Waals surface area contributed by atoms with E-state index in [0.29, 0.717) is 16.4 Å². The summed E-state index contributed by atoms with van der Waals surface area (Å²) < 4.78 is 24.4. The Morgan fingerprint density at radius 3 is 2.79 bits per heavy atom. The second-order valence-electron chi connectivity index (χ2n) is 6.84. The van der Waals surface area contributed by atoms with Gasteiger partial charge in [0.1, 0.15) is 11.6 Å². The van der Waals surface area contributed by atoms with Gasteiger partial charge in [0.2, 0.25) is 5.17 Å². The molecule has 0 saturated carbocycles. The van der Waals surface area contributed by atoms with Crippen LogP contribution in [0, 0.1) is 11.2 Å². The van der Waals surface area contributed by atoms with Gasteiger partial charge < -0.3 is 9.15 Å². The molecular formula is C23H13FN4O4S. The minimum atomic E-state index is -0.845. The Hall–Kier alpha value is -4.31. The molecule has 0 fully saturated rings. The molecule has 8 nitrogen and oxygen atoms in total. The maximum absolute atomic E-state index is 13.8. The molecule has 3 aromatic rings. The lowest BCUT2D eigenvalue weighted by molar-refractivity contribution is -0.114. The van der Waals surface area contributed by atoms with Crippen LogP contribution in [0.5, 0.6) is 5.75 Å². The number of rotatable bonds is 4. The molecule has 0 unspecified atom stereocenters. The van der Waals surface area contributed by atoms with E-state index in [2.05, 4.69) is 10.1 Å². The molecule has 162 valence electrons. The van der Waals surface area contributed by atoms with E-state index in [4.69, 9.17) is 14.6 Å². The molecule has 0 saturated heterocycles. The number of halogens is 1. The number of aliphatic imine (C=N–C) groups is 1. The highest BCUT2D eigenvalue weighted by Crippen LogP contribution is 2.31. The van der Waals surface area contributed by atoms with Crippen molar-refractivity contribution < 1.29 is 23.1 Å². The Kier molecular flexibility index (Phi) is 5.19. The first-order valence-corrected chi connectivity index (χ1v) is 10.4. The molecule has 2 aliphatic rings. The number of furan rings is 1. The highest BCUT2D eigenvalue weighted by atomic mass is 32.2. The lowest BCUT2D eigenvalue weighted by Crippen LogP contribution is -2.35. The minimum absolute atomic E-state index is 0.0152. The number of hydrogen-bond donors (Lipinski definition) is 1. The van der Waals surface area contributed by atoms with Crippen LogP contribution in [0.2, 0.25) is 0 Å². The third-order valence-corrected chi connectivity index (χ3v) is 5.58. The van der Waals surface area contributed by atoms with Crippen LogP contribution >= 0.6 is 11.8 Å². The van der Waals surface area contributed by atoms with E-state index in [1.165, 1.54) is 53.7 Å². The first kappa shape index (κ1) is 20.6. The summed E-state index contributed by atoms with van der Waals surface area (Å²) in [5.74, 6) is -1.61. The van der Waals surface area contributed by atoms with Gasteiger partial charge in [-0.1, -0.05) is 24.3 Å². The number of carbonyl (C=O) groups is 2. The summed E-state index contributed by atoms with van der Waals surface area (Å²) in [6.07, 6.45) is 2.96. The van der Waals surface area contributed by atoms with E-state index in [1.807, 2.05) is 0 Å². The summed E-state index contributed by atoms with van der Waals surface area (Å²) in [4.78, 5) is 28.9. The van der Waals surface area contributed by atoms with E-state index in [9.17, 15) is 14.0 Å². The Bertz CT molecular complexity index is 1390. The molecule has 2 aromatic carbocycles. The van der Waals surface area contributed by atoms with Gasteiger partial charge in [-0.3, -0.25) is 10.2 Å². The summed E-state index contributed by atoms with van der Waals surface area (Å²) >= 11 is 1.13. The molecule has 33 heavy (non-hydrogen) atoms. The third-order valence-electron chi connectivity index (χ3n) is 4.66. The monoisotopic (exact) mass is 460 g/mol. The average Bonchev–Trinajstić information content (AvgIpc) is 3.47. The number of carbonyl (C=O) groups excluding carboxylic acids is 2. The summed E-state index contributed by atoms with van der Waals surface area (Å²) in [5.41, 5.74) is 0.313. The number of fused-ring (bicyclic) bond motifs is 1. The van der Waals surface area contributed by atoms with Gasteiger partial charge in [0, 0.05) is 0 Å². The molecule has 1 aromatic heterocycles. The van der Waals surface area contributed by atoms with Crippen molar-refractivity contribution in [2.24, 2.45) is 10.1 Å². The van der Waals surface area contributed by atoms with Crippen LogP contribution in [-0.4, -0.2) is 32.9 Å². The van der Waals surface area contributed by atoms with Crippen LogP contribution in [0.25, 0.3) is 6.08 Å². The quantitative estimate of drug-likeness (QED) is 0.353. The van der Waals surface area contributed by atoms with Gasteiger partial charge in [0.25, 0.3) is 5.91 Å². The zero-order valence-electron chi connectivity index (χ0n) is 16.7. The largest absolute Gasteiger partial charge is 0.462 e. The number of ether oxygens (including phenoxy) is 1. The van der Waals surface area contributed by atoms with E-state index >= 15 is 0 Å². The van der Waals surface area contributed by atoms with Crippen molar-refractivity contribution in [2.45, 2.75) is 0 Å². The molecule has 0 spiro atoms. The smallest absolute Gasteiger partial charge is 0.346 e. The molecule has 2 aliphatic heterocycles. The highest BCUT2D eigenvalue weighted by molar-refractivity contribution is 8.27. The number of hydrazone groups is 1. The van der Waals surface area contributed by atoms with Gasteiger partial charge in [-0.05, 0) is 59.8 Å². The molecule has 0 atom stereocenters. The predicted octanol–water partition coefficient (Wildman–Crippen LogP) is 4.31. The fourth-order valence-corrected chi connectivity index (χ4v) is 3.97. The van der Waals surface area contributed by atoms with Gasteiger partial charge in [0.05, 0.1) is 17.4 Å². The summed E-state index contributed by atoms with van der Waals surface area (Å²) in [5, 5.41) is 14.8. The number of nitrogens with zero attached hydrogens (tertiary/aromatic N) is 3. The fourth-order valence-electron chi connectivity index (χ4n) is 3.12. The summed E-state index contributed by atoms with van der Waals surface area (Å²) in [7, 11) is 0. The number of amidine groups is 2. The Labute approximate surface area is 190 Å². The van der Waals surface area contributed by atoms with Crippen molar-refractivity contribution in [3.05, 3.63) is 95.2 Å². The summed E-state index contributed by atoms with van der Waals surface area (Å²) in [6, 6.07) is 15.3. The van der Waals surface area contributed by atoms with E-state index in [-0.39, 0.29) is 27.9 Å². The zero-order valence-corrected chi connectivity index (χ0v) is 17.5. The number of benzene rings is 2. The molecule has 3 heterocycles. The second kappa shape index (κ2) is 8.32. The maximum atomic E-state index is 13.8. The van der Waals surface area contributed by atoms with E-state index in [1.54, 1.807) is 24.3 Å². The lowest BCUT2D eigenvalue weighted by atomic mass is 10.1. The Morgan fingerprint density at radius 2 is 2.00 bits per heavy atom. The molecule has 5 rings (SSSR count). The molecule has 10 heteroatoms. The molecule has 0 aliphatic carbocycles. The maximum Gasteiger partial charge on any atom is 0.346 e. The van der Waals surface area contributed by atoms with Gasteiger partial charge >= 0.3 is 5.97 Å². The van der Waals surface area contributed by atoms with E-state index < -0.39 is 17.7 Å².